The monoisotopic (exact) mass is 344 g/mol. The highest BCUT2D eigenvalue weighted by Crippen LogP contribution is 2.28. The van der Waals surface area contributed by atoms with Gasteiger partial charge in [0, 0.05) is 30.7 Å². The van der Waals surface area contributed by atoms with Crippen LogP contribution in [0.25, 0.3) is 0 Å². The average molecular weight is 344 g/mol. The molecule has 1 aliphatic heterocycles. The van der Waals surface area contributed by atoms with E-state index in [2.05, 4.69) is 15.5 Å². The van der Waals surface area contributed by atoms with Crippen molar-refractivity contribution >= 4 is 6.03 Å². The summed E-state index contributed by atoms with van der Waals surface area (Å²) in [6.07, 6.45) is 7.81. The van der Waals surface area contributed by atoms with Crippen LogP contribution in [0.5, 0.6) is 0 Å². The normalized spacial score (nSPS) is 24.1. The molecular weight excluding hydrogens is 320 g/mol. The van der Waals surface area contributed by atoms with Crippen molar-refractivity contribution in [2.45, 2.75) is 56.7 Å². The number of aromatic amines is 1. The molecule has 4 rings (SSSR count). The molecule has 1 fully saturated rings. The Kier molecular flexibility index (Phi) is 4.48. The lowest BCUT2D eigenvalue weighted by Crippen LogP contribution is -2.48. The van der Waals surface area contributed by atoms with Crippen LogP contribution in [0.1, 0.15) is 48.8 Å². The maximum Gasteiger partial charge on any atom is 0.317 e. The van der Waals surface area contributed by atoms with E-state index in [-0.39, 0.29) is 18.1 Å². The second-order valence-corrected chi connectivity index (χ2v) is 7.02. The summed E-state index contributed by atoms with van der Waals surface area (Å²) in [5.74, 6) is 0.562. The molecule has 2 aliphatic rings. The van der Waals surface area contributed by atoms with Crippen molar-refractivity contribution < 1.29 is 14.3 Å². The third-order valence-corrected chi connectivity index (χ3v) is 5.35. The van der Waals surface area contributed by atoms with Gasteiger partial charge in [0.05, 0.1) is 12.5 Å². The van der Waals surface area contributed by atoms with E-state index in [1.165, 1.54) is 11.3 Å². The van der Waals surface area contributed by atoms with Gasteiger partial charge in [-0.15, -0.1) is 0 Å². The largest absolute Gasteiger partial charge is 0.467 e. The van der Waals surface area contributed by atoms with Crippen molar-refractivity contribution in [1.82, 2.24) is 20.4 Å². The number of hydrogen-bond donors (Lipinski definition) is 3. The Bertz CT molecular complexity index is 712. The van der Waals surface area contributed by atoms with Crippen LogP contribution in [0.2, 0.25) is 0 Å². The maximum absolute atomic E-state index is 12.7. The maximum atomic E-state index is 12.7. The number of carbonyl (C=O) groups excluding carboxylic acids is 1. The van der Waals surface area contributed by atoms with Crippen LogP contribution < -0.4 is 5.32 Å². The molecule has 7 nitrogen and oxygen atoms in total. The molecule has 7 heteroatoms. The number of furan rings is 1. The number of nitrogens with one attached hydrogen (secondary N) is 2. The van der Waals surface area contributed by atoms with Crippen LogP contribution in [-0.4, -0.2) is 44.9 Å². The molecule has 2 amide bonds. The van der Waals surface area contributed by atoms with E-state index in [0.717, 1.165) is 38.6 Å². The Morgan fingerprint density at radius 3 is 3.28 bits per heavy atom. The fourth-order valence-corrected chi connectivity index (χ4v) is 4.00. The second kappa shape index (κ2) is 6.92. The van der Waals surface area contributed by atoms with Gasteiger partial charge in [-0.3, -0.25) is 5.10 Å². The van der Waals surface area contributed by atoms with Gasteiger partial charge in [0.15, 0.2) is 0 Å². The smallest absolute Gasteiger partial charge is 0.317 e. The molecule has 3 atom stereocenters. The lowest BCUT2D eigenvalue weighted by molar-refractivity contribution is 0.107. The minimum atomic E-state index is -0.670. The first-order valence-corrected chi connectivity index (χ1v) is 9.00. The molecule has 3 N–H and O–H groups in total. The first-order chi connectivity index (χ1) is 12.2. The zero-order valence-electron chi connectivity index (χ0n) is 14.1. The number of aryl methyl sites for hydroxylation is 1. The molecule has 1 aliphatic carbocycles. The quantitative estimate of drug-likeness (QED) is 0.792. The highest BCUT2D eigenvalue weighted by molar-refractivity contribution is 5.75. The molecule has 0 radical (unpaired) electrons. The Hall–Kier alpha value is -2.28. The van der Waals surface area contributed by atoms with E-state index >= 15 is 0 Å². The van der Waals surface area contributed by atoms with Gasteiger partial charge in [-0.25, -0.2) is 4.79 Å². The summed E-state index contributed by atoms with van der Waals surface area (Å²) in [6.45, 7) is 0.741. The summed E-state index contributed by atoms with van der Waals surface area (Å²) in [6, 6.07) is 3.72. The van der Waals surface area contributed by atoms with Crippen LogP contribution in [-0.2, 0) is 12.8 Å². The summed E-state index contributed by atoms with van der Waals surface area (Å²) >= 11 is 0. The Labute approximate surface area is 146 Å². The van der Waals surface area contributed by atoms with Gasteiger partial charge in [-0.2, -0.15) is 5.10 Å². The van der Waals surface area contributed by atoms with Gasteiger partial charge in [0.1, 0.15) is 11.9 Å². The number of rotatable bonds is 4. The summed E-state index contributed by atoms with van der Waals surface area (Å²) in [5, 5.41) is 20.6. The number of aromatic nitrogens is 2. The van der Waals surface area contributed by atoms with Crippen molar-refractivity contribution in [3.8, 4) is 0 Å². The van der Waals surface area contributed by atoms with Gasteiger partial charge in [0.2, 0.25) is 0 Å². The molecule has 1 saturated heterocycles. The molecule has 2 aromatic rings. The van der Waals surface area contributed by atoms with E-state index in [9.17, 15) is 9.90 Å². The summed E-state index contributed by atoms with van der Waals surface area (Å²) < 4.78 is 5.27. The number of aliphatic hydroxyl groups excluding tert-OH is 1. The van der Waals surface area contributed by atoms with Crippen molar-refractivity contribution in [3.05, 3.63) is 41.6 Å². The van der Waals surface area contributed by atoms with Gasteiger partial charge in [0.25, 0.3) is 0 Å². The number of likely N-dealkylation sites (tertiary alicyclic amines) is 1. The molecule has 134 valence electrons. The van der Waals surface area contributed by atoms with Gasteiger partial charge in [-0.05, 0) is 49.8 Å². The van der Waals surface area contributed by atoms with E-state index in [1.54, 1.807) is 18.4 Å². The molecule has 0 spiro atoms. The molecule has 0 saturated carbocycles. The van der Waals surface area contributed by atoms with Crippen LogP contribution in [0, 0.1) is 0 Å². The van der Waals surface area contributed by atoms with Crippen molar-refractivity contribution in [2.75, 3.05) is 6.54 Å². The average Bonchev–Trinajstić information content (AvgIpc) is 3.35. The van der Waals surface area contributed by atoms with E-state index in [1.807, 2.05) is 11.1 Å². The first-order valence-electron chi connectivity index (χ1n) is 9.00. The number of H-pyrrole nitrogens is 1. The van der Waals surface area contributed by atoms with E-state index in [0.29, 0.717) is 12.2 Å². The predicted octanol–water partition coefficient (Wildman–Crippen LogP) is 2.16. The van der Waals surface area contributed by atoms with Crippen LogP contribution in [0.3, 0.4) is 0 Å². The molecule has 3 heterocycles. The van der Waals surface area contributed by atoms with Crippen LogP contribution in [0.4, 0.5) is 4.79 Å². The van der Waals surface area contributed by atoms with Crippen molar-refractivity contribution in [1.29, 1.82) is 0 Å². The standard InChI is InChI=1S/C18H24N4O3/c23-16(17-4-2-8-25-17)10-14-3-1-7-22(14)18(24)20-13-5-6-15-12(9-13)11-19-21-15/h2,4,8,11,13-14,16,23H,1,3,5-7,9-10H2,(H,19,21)(H,20,24). The Balaban J connectivity index is 1.34. The van der Waals surface area contributed by atoms with Crippen LogP contribution in [0.15, 0.2) is 29.0 Å². The lowest BCUT2D eigenvalue weighted by atomic mass is 9.94. The number of amides is 2. The van der Waals surface area contributed by atoms with Crippen molar-refractivity contribution in [2.24, 2.45) is 0 Å². The molecule has 2 aromatic heterocycles. The summed E-state index contributed by atoms with van der Waals surface area (Å²) in [7, 11) is 0. The number of nitrogens with zero attached hydrogens (tertiary/aromatic N) is 2. The van der Waals surface area contributed by atoms with Gasteiger partial charge in [-0.1, -0.05) is 0 Å². The van der Waals surface area contributed by atoms with Gasteiger partial charge >= 0.3 is 6.03 Å². The molecular formula is C18H24N4O3. The third kappa shape index (κ3) is 3.42. The zero-order valence-corrected chi connectivity index (χ0v) is 14.1. The second-order valence-electron chi connectivity index (χ2n) is 7.02. The van der Waals surface area contributed by atoms with Gasteiger partial charge < -0.3 is 19.7 Å². The highest BCUT2D eigenvalue weighted by atomic mass is 16.4. The van der Waals surface area contributed by atoms with Crippen molar-refractivity contribution in [3.63, 3.8) is 0 Å². The number of hydrogen-bond acceptors (Lipinski definition) is 4. The fourth-order valence-electron chi connectivity index (χ4n) is 4.00. The molecule has 3 unspecified atom stereocenters. The van der Waals surface area contributed by atoms with Crippen LogP contribution >= 0.6 is 0 Å². The molecule has 25 heavy (non-hydrogen) atoms. The summed E-state index contributed by atoms with van der Waals surface area (Å²) in [4.78, 5) is 14.6. The topological polar surface area (TPSA) is 94.4 Å². The zero-order chi connectivity index (χ0) is 17.2. The Morgan fingerprint density at radius 2 is 2.44 bits per heavy atom. The molecule has 0 aromatic carbocycles. The first kappa shape index (κ1) is 16.2. The Morgan fingerprint density at radius 1 is 1.52 bits per heavy atom. The third-order valence-electron chi connectivity index (χ3n) is 5.35. The molecule has 0 bridgehead atoms. The lowest BCUT2D eigenvalue weighted by Gasteiger charge is -2.30. The SMILES string of the molecule is O=C(NC1CCc2[nH]ncc2C1)N1CCCC1CC(O)c1ccco1. The van der Waals surface area contributed by atoms with E-state index in [4.69, 9.17) is 4.42 Å². The van der Waals surface area contributed by atoms with E-state index < -0.39 is 6.10 Å². The number of urea groups is 1. The minimum absolute atomic E-state index is 0.0221. The highest BCUT2D eigenvalue weighted by Gasteiger charge is 2.32. The minimum Gasteiger partial charge on any atom is -0.467 e. The number of carbonyl (C=O) groups is 1. The summed E-state index contributed by atoms with van der Waals surface area (Å²) in [5.41, 5.74) is 2.38. The number of fused-ring (bicyclic) bond motifs is 1. The predicted molar refractivity (Wildman–Crippen MR) is 90.9 cm³/mol. The number of aliphatic hydroxyl groups is 1. The fraction of sp³-hybridized carbons (Fsp3) is 0.556.